The average Bonchev–Trinajstić information content (AvgIpc) is 2.25. The molecule has 0 saturated heterocycles. The molecule has 0 fully saturated rings. The molecule has 2 aromatic rings. The third-order valence-corrected chi connectivity index (χ3v) is 2.04. The van der Waals surface area contributed by atoms with Gasteiger partial charge in [-0.05, 0) is 0 Å². The van der Waals surface area contributed by atoms with Crippen LogP contribution in [-0.2, 0) is 0 Å². The fourth-order valence-corrected chi connectivity index (χ4v) is 1.33. The van der Waals surface area contributed by atoms with Gasteiger partial charge >= 0.3 is 0 Å². The van der Waals surface area contributed by atoms with Crippen molar-refractivity contribution in [2.45, 2.75) is 0 Å². The highest BCUT2D eigenvalue weighted by Crippen LogP contribution is 2.22. The minimum Gasteiger partial charge on any atom is -0.336 e. The van der Waals surface area contributed by atoms with Gasteiger partial charge < -0.3 is 5.32 Å². The Hall–Kier alpha value is -1.82. The summed E-state index contributed by atoms with van der Waals surface area (Å²) in [5.74, 6) is -3.31. The molecule has 3 nitrogen and oxygen atoms in total. The molecule has 0 aliphatic heterocycles. The lowest BCUT2D eigenvalue weighted by Gasteiger charge is -2.07. The smallest absolute Gasteiger partial charge is 0.182 e. The Kier molecular flexibility index (Phi) is 3.14. The maximum absolute atomic E-state index is 13.3. The van der Waals surface area contributed by atoms with Crippen LogP contribution in [-0.4, -0.2) is 9.97 Å². The van der Waals surface area contributed by atoms with Crippen molar-refractivity contribution in [1.29, 1.82) is 0 Å². The van der Waals surface area contributed by atoms with Crippen molar-refractivity contribution < 1.29 is 13.2 Å². The van der Waals surface area contributed by atoms with E-state index in [1.165, 1.54) is 12.4 Å². The SMILES string of the molecule is Fc1cc(F)c(F)c(Nc2cncc(Cl)n2)c1. The summed E-state index contributed by atoms with van der Waals surface area (Å²) in [6.07, 6.45) is 2.52. The van der Waals surface area contributed by atoms with Gasteiger partial charge in [-0.3, -0.25) is 4.98 Å². The Labute approximate surface area is 99.3 Å². The minimum absolute atomic E-state index is 0.0762. The Morgan fingerprint density at radius 2 is 1.88 bits per heavy atom. The van der Waals surface area contributed by atoms with Gasteiger partial charge in [-0.25, -0.2) is 18.2 Å². The summed E-state index contributed by atoms with van der Waals surface area (Å²) in [7, 11) is 0. The van der Waals surface area contributed by atoms with Crippen molar-refractivity contribution in [3.05, 3.63) is 47.1 Å². The average molecular weight is 260 g/mol. The molecule has 0 spiro atoms. The zero-order valence-corrected chi connectivity index (χ0v) is 8.97. The maximum Gasteiger partial charge on any atom is 0.182 e. The van der Waals surface area contributed by atoms with Crippen LogP contribution in [0.5, 0.6) is 0 Å². The molecular formula is C10H5ClF3N3. The van der Waals surface area contributed by atoms with Crippen LogP contribution in [0, 0.1) is 17.5 Å². The molecule has 0 aliphatic carbocycles. The monoisotopic (exact) mass is 259 g/mol. The highest BCUT2D eigenvalue weighted by Gasteiger charge is 2.11. The Balaban J connectivity index is 2.36. The van der Waals surface area contributed by atoms with Crippen molar-refractivity contribution in [3.8, 4) is 0 Å². The summed E-state index contributed by atoms with van der Waals surface area (Å²) in [5.41, 5.74) is -0.376. The second-order valence-corrected chi connectivity index (χ2v) is 3.49. The molecule has 0 aliphatic rings. The molecule has 0 bridgehead atoms. The minimum atomic E-state index is -1.29. The number of hydrogen-bond donors (Lipinski definition) is 1. The molecule has 1 N–H and O–H groups in total. The lowest BCUT2D eigenvalue weighted by molar-refractivity contribution is 0.498. The van der Waals surface area contributed by atoms with Crippen LogP contribution in [0.25, 0.3) is 0 Å². The van der Waals surface area contributed by atoms with E-state index in [9.17, 15) is 13.2 Å². The van der Waals surface area contributed by atoms with E-state index in [2.05, 4.69) is 15.3 Å². The van der Waals surface area contributed by atoms with Crippen LogP contribution in [0.15, 0.2) is 24.5 Å². The number of halogens is 4. The second-order valence-electron chi connectivity index (χ2n) is 3.10. The molecular weight excluding hydrogens is 255 g/mol. The Morgan fingerprint density at radius 1 is 1.12 bits per heavy atom. The van der Waals surface area contributed by atoms with E-state index in [0.717, 1.165) is 6.07 Å². The first-order valence-electron chi connectivity index (χ1n) is 4.45. The number of nitrogens with one attached hydrogen (secondary N) is 1. The van der Waals surface area contributed by atoms with E-state index in [0.29, 0.717) is 6.07 Å². The normalized spacial score (nSPS) is 10.4. The van der Waals surface area contributed by atoms with Crippen LogP contribution < -0.4 is 5.32 Å². The summed E-state index contributed by atoms with van der Waals surface area (Å²) >= 11 is 5.56. The van der Waals surface area contributed by atoms with E-state index < -0.39 is 17.5 Å². The van der Waals surface area contributed by atoms with Gasteiger partial charge in [0, 0.05) is 12.1 Å². The fraction of sp³-hybridized carbons (Fsp3) is 0. The standard InChI is InChI=1S/C10H5ClF3N3/c11-8-3-15-4-9(17-8)16-7-2-5(12)1-6(13)10(7)14/h1-4H,(H,16,17). The lowest BCUT2D eigenvalue weighted by atomic mass is 10.3. The summed E-state index contributed by atoms with van der Waals surface area (Å²) in [5, 5.41) is 2.46. The lowest BCUT2D eigenvalue weighted by Crippen LogP contribution is -2.00. The fourth-order valence-electron chi connectivity index (χ4n) is 1.19. The highest BCUT2D eigenvalue weighted by molar-refractivity contribution is 6.29. The first kappa shape index (κ1) is 11.7. The molecule has 0 atom stereocenters. The highest BCUT2D eigenvalue weighted by atomic mass is 35.5. The molecule has 17 heavy (non-hydrogen) atoms. The van der Waals surface area contributed by atoms with Gasteiger partial charge in [-0.15, -0.1) is 0 Å². The summed E-state index contributed by atoms with van der Waals surface area (Å²) in [4.78, 5) is 7.44. The van der Waals surface area contributed by atoms with Gasteiger partial charge in [-0.2, -0.15) is 0 Å². The molecule has 1 heterocycles. The number of aromatic nitrogens is 2. The first-order chi connectivity index (χ1) is 8.06. The van der Waals surface area contributed by atoms with Gasteiger partial charge in [0.1, 0.15) is 11.0 Å². The van der Waals surface area contributed by atoms with Crippen molar-refractivity contribution in [2.75, 3.05) is 5.32 Å². The topological polar surface area (TPSA) is 37.8 Å². The van der Waals surface area contributed by atoms with Gasteiger partial charge in [0.2, 0.25) is 0 Å². The quantitative estimate of drug-likeness (QED) is 0.841. The van der Waals surface area contributed by atoms with E-state index in [1.807, 2.05) is 0 Å². The third kappa shape index (κ3) is 2.65. The zero-order valence-electron chi connectivity index (χ0n) is 8.22. The van der Waals surface area contributed by atoms with E-state index in [1.54, 1.807) is 0 Å². The van der Waals surface area contributed by atoms with Crippen LogP contribution in [0.4, 0.5) is 24.7 Å². The zero-order chi connectivity index (χ0) is 12.4. The molecule has 0 saturated carbocycles. The van der Waals surface area contributed by atoms with Crippen molar-refractivity contribution in [1.82, 2.24) is 9.97 Å². The maximum atomic E-state index is 13.3. The first-order valence-corrected chi connectivity index (χ1v) is 4.83. The van der Waals surface area contributed by atoms with Crippen molar-refractivity contribution >= 4 is 23.1 Å². The van der Waals surface area contributed by atoms with Crippen LogP contribution in [0.2, 0.25) is 5.15 Å². The van der Waals surface area contributed by atoms with Gasteiger partial charge in [0.05, 0.1) is 18.1 Å². The molecule has 1 aromatic heterocycles. The molecule has 7 heteroatoms. The summed E-state index contributed by atoms with van der Waals surface area (Å²) in [6.45, 7) is 0. The van der Waals surface area contributed by atoms with Gasteiger partial charge in [0.25, 0.3) is 0 Å². The predicted octanol–water partition coefficient (Wildman–Crippen LogP) is 3.29. The number of nitrogens with zero attached hydrogens (tertiary/aromatic N) is 2. The number of hydrogen-bond acceptors (Lipinski definition) is 3. The van der Waals surface area contributed by atoms with Crippen LogP contribution in [0.1, 0.15) is 0 Å². The summed E-state index contributed by atoms with van der Waals surface area (Å²) in [6, 6.07) is 1.26. The van der Waals surface area contributed by atoms with Crippen LogP contribution >= 0.6 is 11.6 Å². The predicted molar refractivity (Wildman–Crippen MR) is 56.6 cm³/mol. The third-order valence-electron chi connectivity index (χ3n) is 1.86. The van der Waals surface area contributed by atoms with E-state index >= 15 is 0 Å². The molecule has 88 valence electrons. The number of anilines is 2. The van der Waals surface area contributed by atoms with Crippen molar-refractivity contribution in [3.63, 3.8) is 0 Å². The van der Waals surface area contributed by atoms with Crippen LogP contribution in [0.3, 0.4) is 0 Å². The van der Waals surface area contributed by atoms with Gasteiger partial charge in [-0.1, -0.05) is 11.6 Å². The second kappa shape index (κ2) is 4.58. The number of rotatable bonds is 2. The molecule has 2 rings (SSSR count). The van der Waals surface area contributed by atoms with E-state index in [4.69, 9.17) is 11.6 Å². The molecule has 0 unspecified atom stereocenters. The van der Waals surface area contributed by atoms with Crippen molar-refractivity contribution in [2.24, 2.45) is 0 Å². The van der Waals surface area contributed by atoms with E-state index in [-0.39, 0.29) is 16.7 Å². The summed E-state index contributed by atoms with van der Waals surface area (Å²) < 4.78 is 39.1. The Bertz CT molecular complexity index is 562. The number of benzene rings is 1. The van der Waals surface area contributed by atoms with Gasteiger partial charge in [0.15, 0.2) is 17.5 Å². The molecule has 0 amide bonds. The largest absolute Gasteiger partial charge is 0.336 e. The molecule has 1 aromatic carbocycles. The Morgan fingerprint density at radius 3 is 2.59 bits per heavy atom. The molecule has 0 radical (unpaired) electrons.